The SMILES string of the molecule is CCOC(=O)c1cnc2c(Cl)ccc(C)c2c1N. The minimum absolute atomic E-state index is 0.273. The molecule has 0 aliphatic carbocycles. The van der Waals surface area contributed by atoms with E-state index >= 15 is 0 Å². The number of carbonyl (C=O) groups is 1. The van der Waals surface area contributed by atoms with Gasteiger partial charge in [0.1, 0.15) is 5.56 Å². The van der Waals surface area contributed by atoms with Crippen LogP contribution >= 0.6 is 11.6 Å². The predicted octanol–water partition coefficient (Wildman–Crippen LogP) is 2.96. The molecule has 18 heavy (non-hydrogen) atoms. The number of carbonyl (C=O) groups excluding carboxylic acids is 1. The van der Waals surface area contributed by atoms with Crippen molar-refractivity contribution in [3.05, 3.63) is 34.5 Å². The highest BCUT2D eigenvalue weighted by molar-refractivity contribution is 6.35. The quantitative estimate of drug-likeness (QED) is 0.847. The van der Waals surface area contributed by atoms with Crippen LogP contribution in [0.3, 0.4) is 0 Å². The fourth-order valence-corrected chi connectivity index (χ4v) is 2.04. The maximum Gasteiger partial charge on any atom is 0.341 e. The van der Waals surface area contributed by atoms with Gasteiger partial charge in [0.05, 0.1) is 22.8 Å². The number of aryl methyl sites for hydroxylation is 1. The van der Waals surface area contributed by atoms with Crippen LogP contribution in [0.5, 0.6) is 0 Å². The first-order chi connectivity index (χ1) is 8.56. The third-order valence-corrected chi connectivity index (χ3v) is 3.02. The first-order valence-corrected chi connectivity index (χ1v) is 5.94. The molecule has 0 saturated heterocycles. The second-order valence-electron chi connectivity index (χ2n) is 3.89. The monoisotopic (exact) mass is 264 g/mol. The molecule has 1 aromatic heterocycles. The maximum absolute atomic E-state index is 11.7. The van der Waals surface area contributed by atoms with Crippen LogP contribution in [-0.2, 0) is 4.74 Å². The minimum Gasteiger partial charge on any atom is -0.462 e. The molecular weight excluding hydrogens is 252 g/mol. The fraction of sp³-hybridized carbons (Fsp3) is 0.231. The second kappa shape index (κ2) is 4.82. The molecule has 2 N–H and O–H groups in total. The van der Waals surface area contributed by atoms with Crippen LogP contribution in [0.2, 0.25) is 5.02 Å². The number of esters is 1. The highest BCUT2D eigenvalue weighted by atomic mass is 35.5. The van der Waals surface area contributed by atoms with Crippen molar-refractivity contribution in [2.24, 2.45) is 0 Å². The molecule has 0 radical (unpaired) electrons. The van der Waals surface area contributed by atoms with Gasteiger partial charge in [-0.25, -0.2) is 4.79 Å². The fourth-order valence-electron chi connectivity index (χ4n) is 1.84. The lowest BCUT2D eigenvalue weighted by Gasteiger charge is -2.10. The standard InChI is InChI=1S/C13H13ClN2O2/c1-3-18-13(17)8-6-16-12-9(14)5-4-7(2)10(12)11(8)15/h4-6H,3H2,1-2H3,(H2,15,16). The molecule has 0 spiro atoms. The van der Waals surface area contributed by atoms with E-state index in [2.05, 4.69) is 4.98 Å². The summed E-state index contributed by atoms with van der Waals surface area (Å²) in [7, 11) is 0. The molecule has 2 rings (SSSR count). The Labute approximate surface area is 110 Å². The molecule has 0 fully saturated rings. The first kappa shape index (κ1) is 12.6. The average molecular weight is 265 g/mol. The van der Waals surface area contributed by atoms with Crippen molar-refractivity contribution in [2.75, 3.05) is 12.3 Å². The lowest BCUT2D eigenvalue weighted by atomic mass is 10.1. The van der Waals surface area contributed by atoms with Crippen LogP contribution in [0.4, 0.5) is 5.69 Å². The highest BCUT2D eigenvalue weighted by Crippen LogP contribution is 2.31. The molecule has 0 unspecified atom stereocenters. The van der Waals surface area contributed by atoms with Gasteiger partial charge in [0, 0.05) is 11.6 Å². The number of halogens is 1. The number of pyridine rings is 1. The molecule has 1 heterocycles. The Bertz CT molecular complexity index is 626. The highest BCUT2D eigenvalue weighted by Gasteiger charge is 2.16. The lowest BCUT2D eigenvalue weighted by Crippen LogP contribution is -2.09. The van der Waals surface area contributed by atoms with Crippen LogP contribution in [0.15, 0.2) is 18.3 Å². The van der Waals surface area contributed by atoms with E-state index < -0.39 is 5.97 Å². The summed E-state index contributed by atoms with van der Waals surface area (Å²) in [4.78, 5) is 15.9. The Hall–Kier alpha value is -1.81. The van der Waals surface area contributed by atoms with Gasteiger partial charge in [-0.15, -0.1) is 0 Å². The van der Waals surface area contributed by atoms with Crippen LogP contribution in [-0.4, -0.2) is 17.6 Å². The smallest absolute Gasteiger partial charge is 0.341 e. The maximum atomic E-state index is 11.7. The van der Waals surface area contributed by atoms with Crippen molar-refractivity contribution >= 4 is 34.2 Å². The minimum atomic E-state index is -0.469. The van der Waals surface area contributed by atoms with E-state index in [1.54, 1.807) is 13.0 Å². The Morgan fingerprint density at radius 2 is 2.22 bits per heavy atom. The van der Waals surface area contributed by atoms with Gasteiger partial charge in [-0.3, -0.25) is 4.98 Å². The lowest BCUT2D eigenvalue weighted by molar-refractivity contribution is 0.0527. The van der Waals surface area contributed by atoms with Gasteiger partial charge in [0.2, 0.25) is 0 Å². The van der Waals surface area contributed by atoms with Gasteiger partial charge in [-0.2, -0.15) is 0 Å². The zero-order valence-electron chi connectivity index (χ0n) is 10.2. The van der Waals surface area contributed by atoms with Crippen molar-refractivity contribution in [3.63, 3.8) is 0 Å². The van der Waals surface area contributed by atoms with E-state index in [1.165, 1.54) is 6.20 Å². The largest absolute Gasteiger partial charge is 0.462 e. The molecule has 0 bridgehead atoms. The molecular formula is C13H13ClN2O2. The van der Waals surface area contributed by atoms with E-state index in [-0.39, 0.29) is 5.56 Å². The summed E-state index contributed by atoms with van der Waals surface area (Å²) in [6.07, 6.45) is 1.40. The summed E-state index contributed by atoms with van der Waals surface area (Å²) in [6, 6.07) is 3.60. The molecule has 0 aliphatic rings. The Morgan fingerprint density at radius 3 is 2.89 bits per heavy atom. The van der Waals surface area contributed by atoms with Crippen LogP contribution in [0.25, 0.3) is 10.9 Å². The van der Waals surface area contributed by atoms with E-state index in [0.29, 0.717) is 28.2 Å². The van der Waals surface area contributed by atoms with E-state index in [9.17, 15) is 4.79 Å². The number of nitrogens with two attached hydrogens (primary N) is 1. The second-order valence-corrected chi connectivity index (χ2v) is 4.30. The van der Waals surface area contributed by atoms with Crippen LogP contribution in [0.1, 0.15) is 22.8 Å². The number of benzene rings is 1. The third-order valence-electron chi connectivity index (χ3n) is 2.71. The summed E-state index contributed by atoms with van der Waals surface area (Å²) < 4.78 is 4.94. The molecule has 0 amide bonds. The topological polar surface area (TPSA) is 65.2 Å². The molecule has 1 aromatic carbocycles. The molecule has 94 valence electrons. The van der Waals surface area contributed by atoms with E-state index in [1.807, 2.05) is 13.0 Å². The molecule has 0 atom stereocenters. The summed E-state index contributed by atoms with van der Waals surface area (Å²) in [5.41, 5.74) is 8.17. The predicted molar refractivity (Wildman–Crippen MR) is 71.9 cm³/mol. The van der Waals surface area contributed by atoms with Gasteiger partial charge in [0.25, 0.3) is 0 Å². The zero-order valence-corrected chi connectivity index (χ0v) is 10.9. The summed E-state index contributed by atoms with van der Waals surface area (Å²) >= 11 is 6.06. The number of nitrogens with zero attached hydrogens (tertiary/aromatic N) is 1. The third kappa shape index (κ3) is 1.99. The Morgan fingerprint density at radius 1 is 1.50 bits per heavy atom. The molecule has 5 heteroatoms. The summed E-state index contributed by atoms with van der Waals surface area (Å²) in [5, 5.41) is 1.21. The van der Waals surface area contributed by atoms with Gasteiger partial charge < -0.3 is 10.5 Å². The zero-order chi connectivity index (χ0) is 13.3. The summed E-state index contributed by atoms with van der Waals surface area (Å²) in [6.45, 7) is 3.93. The number of fused-ring (bicyclic) bond motifs is 1. The van der Waals surface area contributed by atoms with E-state index in [0.717, 1.165) is 5.56 Å². The Balaban J connectivity index is 2.71. The van der Waals surface area contributed by atoms with Crippen molar-refractivity contribution < 1.29 is 9.53 Å². The van der Waals surface area contributed by atoms with Gasteiger partial charge >= 0.3 is 5.97 Å². The normalized spacial score (nSPS) is 10.6. The number of rotatable bonds is 2. The van der Waals surface area contributed by atoms with E-state index in [4.69, 9.17) is 22.1 Å². The van der Waals surface area contributed by atoms with Gasteiger partial charge in [-0.05, 0) is 25.5 Å². The molecule has 2 aromatic rings. The number of hydrogen-bond donors (Lipinski definition) is 1. The van der Waals surface area contributed by atoms with Gasteiger partial charge in [-0.1, -0.05) is 17.7 Å². The Kier molecular flexibility index (Phi) is 3.39. The first-order valence-electron chi connectivity index (χ1n) is 5.56. The van der Waals surface area contributed by atoms with Crippen molar-refractivity contribution in [3.8, 4) is 0 Å². The van der Waals surface area contributed by atoms with Crippen molar-refractivity contribution in [2.45, 2.75) is 13.8 Å². The van der Waals surface area contributed by atoms with Crippen molar-refractivity contribution in [1.29, 1.82) is 0 Å². The number of ether oxygens (including phenoxy) is 1. The average Bonchev–Trinajstić information content (AvgIpc) is 2.34. The molecule has 0 aliphatic heterocycles. The van der Waals surface area contributed by atoms with Crippen molar-refractivity contribution in [1.82, 2.24) is 4.98 Å². The number of hydrogen-bond acceptors (Lipinski definition) is 4. The van der Waals surface area contributed by atoms with Crippen LogP contribution in [0, 0.1) is 6.92 Å². The number of aromatic nitrogens is 1. The summed E-state index contributed by atoms with van der Waals surface area (Å²) in [5.74, 6) is -0.469. The van der Waals surface area contributed by atoms with Gasteiger partial charge in [0.15, 0.2) is 0 Å². The molecule has 0 saturated carbocycles. The number of anilines is 1. The number of nitrogen functional groups attached to an aromatic ring is 1. The van der Waals surface area contributed by atoms with Crippen LogP contribution < -0.4 is 5.73 Å². The molecule has 4 nitrogen and oxygen atoms in total.